The standard InChI is InChI=1S/C15H16O.C6H5FO/c1-15(2,12-6-4-3-5-7-12)13-8-10-14(16)11-9-13;7-5-3-1-2-4-6(5)8/h3-11,16H,1-2H3;1-4,8H. The molecule has 0 aliphatic rings. The second-order valence-corrected chi connectivity index (χ2v) is 5.99. The Morgan fingerprint density at radius 2 is 1.17 bits per heavy atom. The Balaban J connectivity index is 0.000000219. The van der Waals surface area contributed by atoms with E-state index >= 15 is 0 Å². The largest absolute Gasteiger partial charge is 0.508 e. The van der Waals surface area contributed by atoms with Gasteiger partial charge in [0.05, 0.1) is 0 Å². The van der Waals surface area contributed by atoms with E-state index < -0.39 is 5.82 Å². The van der Waals surface area contributed by atoms with Gasteiger partial charge in [0.15, 0.2) is 11.6 Å². The predicted octanol–water partition coefficient (Wildman–Crippen LogP) is 5.25. The minimum atomic E-state index is -0.576. The molecule has 3 aromatic rings. The monoisotopic (exact) mass is 324 g/mol. The first-order valence-corrected chi connectivity index (χ1v) is 7.70. The first-order valence-electron chi connectivity index (χ1n) is 7.70. The molecule has 0 unspecified atom stereocenters. The van der Waals surface area contributed by atoms with Gasteiger partial charge in [-0.25, -0.2) is 4.39 Å². The van der Waals surface area contributed by atoms with Crippen LogP contribution in [-0.4, -0.2) is 10.2 Å². The molecular weight excluding hydrogens is 303 g/mol. The lowest BCUT2D eigenvalue weighted by Gasteiger charge is -2.26. The molecule has 0 bridgehead atoms. The third kappa shape index (κ3) is 4.35. The van der Waals surface area contributed by atoms with Crippen LogP contribution in [0.1, 0.15) is 25.0 Å². The second kappa shape index (κ2) is 7.64. The van der Waals surface area contributed by atoms with Gasteiger partial charge in [-0.15, -0.1) is 0 Å². The van der Waals surface area contributed by atoms with Crippen LogP contribution in [0.5, 0.6) is 11.5 Å². The van der Waals surface area contributed by atoms with E-state index in [1.807, 2.05) is 18.2 Å². The summed E-state index contributed by atoms with van der Waals surface area (Å²) in [5, 5.41) is 17.8. The zero-order valence-corrected chi connectivity index (χ0v) is 13.8. The van der Waals surface area contributed by atoms with Crippen LogP contribution in [0.3, 0.4) is 0 Å². The maximum Gasteiger partial charge on any atom is 0.164 e. The van der Waals surface area contributed by atoms with Gasteiger partial charge in [-0.1, -0.05) is 68.4 Å². The minimum absolute atomic E-state index is 0.0328. The molecule has 0 amide bonds. The van der Waals surface area contributed by atoms with Gasteiger partial charge < -0.3 is 10.2 Å². The molecule has 0 saturated carbocycles. The molecule has 0 heterocycles. The van der Waals surface area contributed by atoms with Gasteiger partial charge in [-0.05, 0) is 35.4 Å². The summed E-state index contributed by atoms with van der Waals surface area (Å²) < 4.78 is 12.1. The molecule has 0 aliphatic heterocycles. The quantitative estimate of drug-likeness (QED) is 0.676. The first-order chi connectivity index (χ1) is 11.4. The molecule has 0 saturated heterocycles. The van der Waals surface area contributed by atoms with Crippen molar-refractivity contribution >= 4 is 0 Å². The van der Waals surface area contributed by atoms with E-state index in [1.165, 1.54) is 29.3 Å². The molecule has 3 rings (SSSR count). The summed E-state index contributed by atoms with van der Waals surface area (Å²) in [6.07, 6.45) is 0. The van der Waals surface area contributed by atoms with Gasteiger partial charge in [-0.2, -0.15) is 0 Å². The van der Waals surface area contributed by atoms with Crippen LogP contribution >= 0.6 is 0 Å². The van der Waals surface area contributed by atoms with Crippen molar-refractivity contribution in [2.75, 3.05) is 0 Å². The van der Waals surface area contributed by atoms with Gasteiger partial charge in [0.1, 0.15) is 5.75 Å². The normalized spacial score (nSPS) is 10.6. The summed E-state index contributed by atoms with van der Waals surface area (Å²) in [4.78, 5) is 0. The van der Waals surface area contributed by atoms with E-state index in [4.69, 9.17) is 5.11 Å². The fourth-order valence-electron chi connectivity index (χ4n) is 2.35. The van der Waals surface area contributed by atoms with Crippen molar-refractivity contribution in [1.82, 2.24) is 0 Å². The highest BCUT2D eigenvalue weighted by molar-refractivity contribution is 5.39. The lowest BCUT2D eigenvalue weighted by molar-refractivity contribution is 0.432. The number of aromatic hydroxyl groups is 2. The van der Waals surface area contributed by atoms with Crippen LogP contribution in [0.25, 0.3) is 0 Å². The Morgan fingerprint density at radius 1 is 0.667 bits per heavy atom. The molecule has 2 N–H and O–H groups in total. The van der Waals surface area contributed by atoms with E-state index in [9.17, 15) is 9.50 Å². The third-order valence-electron chi connectivity index (χ3n) is 3.94. The SMILES string of the molecule is CC(C)(c1ccccc1)c1ccc(O)cc1.Oc1ccccc1F. The zero-order valence-electron chi connectivity index (χ0n) is 13.8. The number of para-hydroxylation sites is 1. The third-order valence-corrected chi connectivity index (χ3v) is 3.94. The highest BCUT2D eigenvalue weighted by atomic mass is 19.1. The number of phenolic OH excluding ortho intramolecular Hbond substituents is 2. The fraction of sp³-hybridized carbons (Fsp3) is 0.143. The van der Waals surface area contributed by atoms with Crippen LogP contribution in [-0.2, 0) is 5.41 Å². The van der Waals surface area contributed by atoms with Crippen LogP contribution in [0.2, 0.25) is 0 Å². The van der Waals surface area contributed by atoms with Crippen molar-refractivity contribution in [1.29, 1.82) is 0 Å². The molecule has 0 aliphatic carbocycles. The van der Waals surface area contributed by atoms with Crippen molar-refractivity contribution in [3.8, 4) is 11.5 Å². The first kappa shape index (κ1) is 17.5. The lowest BCUT2D eigenvalue weighted by Crippen LogP contribution is -2.18. The molecular formula is C21H21FO2. The Kier molecular flexibility index (Phi) is 5.59. The van der Waals surface area contributed by atoms with Crippen LogP contribution in [0, 0.1) is 5.82 Å². The topological polar surface area (TPSA) is 40.5 Å². The van der Waals surface area contributed by atoms with Crippen LogP contribution in [0.15, 0.2) is 78.9 Å². The van der Waals surface area contributed by atoms with Crippen molar-refractivity contribution < 1.29 is 14.6 Å². The van der Waals surface area contributed by atoms with E-state index in [0.717, 1.165) is 0 Å². The van der Waals surface area contributed by atoms with Crippen molar-refractivity contribution in [2.45, 2.75) is 19.3 Å². The van der Waals surface area contributed by atoms with Gasteiger partial charge >= 0.3 is 0 Å². The molecule has 3 aromatic carbocycles. The van der Waals surface area contributed by atoms with Crippen LogP contribution in [0.4, 0.5) is 4.39 Å². The molecule has 24 heavy (non-hydrogen) atoms. The Morgan fingerprint density at radius 3 is 1.67 bits per heavy atom. The molecule has 124 valence electrons. The number of hydrogen-bond acceptors (Lipinski definition) is 2. The summed E-state index contributed by atoms with van der Waals surface area (Å²) >= 11 is 0. The maximum absolute atomic E-state index is 12.1. The number of rotatable bonds is 2. The van der Waals surface area contributed by atoms with Crippen molar-refractivity contribution in [2.24, 2.45) is 0 Å². The van der Waals surface area contributed by atoms with Gasteiger partial charge in [-0.3, -0.25) is 0 Å². The van der Waals surface area contributed by atoms with E-state index in [2.05, 4.69) is 38.1 Å². The Labute approximate surface area is 141 Å². The summed E-state index contributed by atoms with van der Waals surface area (Å²) in [5.41, 5.74) is 2.45. The number of hydrogen-bond donors (Lipinski definition) is 2. The minimum Gasteiger partial charge on any atom is -0.508 e. The van der Waals surface area contributed by atoms with E-state index in [1.54, 1.807) is 18.2 Å². The Bertz CT molecular complexity index is 744. The maximum atomic E-state index is 12.1. The van der Waals surface area contributed by atoms with Crippen LogP contribution < -0.4 is 0 Å². The molecule has 3 heteroatoms. The fourth-order valence-corrected chi connectivity index (χ4v) is 2.35. The average Bonchev–Trinajstić information content (AvgIpc) is 2.59. The molecule has 2 nitrogen and oxygen atoms in total. The van der Waals surface area contributed by atoms with Gasteiger partial charge in [0, 0.05) is 5.41 Å². The van der Waals surface area contributed by atoms with E-state index in [0.29, 0.717) is 5.75 Å². The highest BCUT2D eigenvalue weighted by Gasteiger charge is 2.22. The zero-order chi connectivity index (χ0) is 17.6. The van der Waals surface area contributed by atoms with Gasteiger partial charge in [0.25, 0.3) is 0 Å². The summed E-state index contributed by atoms with van der Waals surface area (Å²) in [5.74, 6) is -0.562. The molecule has 0 aromatic heterocycles. The van der Waals surface area contributed by atoms with Crippen molar-refractivity contribution in [3.63, 3.8) is 0 Å². The summed E-state index contributed by atoms with van der Waals surface area (Å²) in [7, 11) is 0. The molecule has 0 fully saturated rings. The second-order valence-electron chi connectivity index (χ2n) is 5.99. The number of benzene rings is 3. The summed E-state index contributed by atoms with van der Waals surface area (Å²) in [6.45, 7) is 4.38. The number of halogens is 1. The summed E-state index contributed by atoms with van der Waals surface area (Å²) in [6, 6.07) is 23.4. The lowest BCUT2D eigenvalue weighted by atomic mass is 9.78. The average molecular weight is 324 g/mol. The molecule has 0 spiro atoms. The number of phenols is 2. The predicted molar refractivity (Wildman–Crippen MR) is 94.7 cm³/mol. The van der Waals surface area contributed by atoms with E-state index in [-0.39, 0.29) is 11.2 Å². The molecule has 0 atom stereocenters. The Hall–Kier alpha value is -2.81. The smallest absolute Gasteiger partial charge is 0.164 e. The van der Waals surface area contributed by atoms with Crippen molar-refractivity contribution in [3.05, 3.63) is 95.8 Å². The van der Waals surface area contributed by atoms with Gasteiger partial charge in [0.2, 0.25) is 0 Å². The molecule has 0 radical (unpaired) electrons. The highest BCUT2D eigenvalue weighted by Crippen LogP contribution is 2.31.